The minimum atomic E-state index is -1.18. The van der Waals surface area contributed by atoms with Crippen LogP contribution in [0.25, 0.3) is 11.3 Å². The van der Waals surface area contributed by atoms with E-state index < -0.39 is 12.1 Å². The number of nitrogens with zero attached hydrogens (tertiary/aromatic N) is 1. The molecule has 108 valence electrons. The fourth-order valence-electron chi connectivity index (χ4n) is 1.99. The number of aliphatic hydroxyl groups is 1. The predicted octanol–water partition coefficient (Wildman–Crippen LogP) is 2.82. The molecule has 0 saturated heterocycles. The summed E-state index contributed by atoms with van der Waals surface area (Å²) in [6, 6.07) is 13.2. The molecule has 1 heterocycles. The standard InChI is InChI=1S/C17H17NO3/c1-11-6-4-7-13(10-11)14-8-5-9-15(18-14)16(19)12(2)17(20)21-3/h4-10,16,19H,2H2,1,3H3. The highest BCUT2D eigenvalue weighted by Gasteiger charge is 2.20. The molecule has 0 spiro atoms. The van der Waals surface area contributed by atoms with E-state index in [4.69, 9.17) is 0 Å². The van der Waals surface area contributed by atoms with Crippen molar-refractivity contribution in [3.05, 3.63) is 65.9 Å². The lowest BCUT2D eigenvalue weighted by molar-refractivity contribution is -0.137. The summed E-state index contributed by atoms with van der Waals surface area (Å²) >= 11 is 0. The molecule has 0 fully saturated rings. The Hall–Kier alpha value is -2.46. The van der Waals surface area contributed by atoms with E-state index in [9.17, 15) is 9.90 Å². The zero-order valence-electron chi connectivity index (χ0n) is 12.0. The highest BCUT2D eigenvalue weighted by atomic mass is 16.5. The summed E-state index contributed by atoms with van der Waals surface area (Å²) in [7, 11) is 1.25. The van der Waals surface area contributed by atoms with Crippen molar-refractivity contribution in [3.63, 3.8) is 0 Å². The zero-order valence-corrected chi connectivity index (χ0v) is 12.0. The molecule has 1 aromatic heterocycles. The SMILES string of the molecule is C=C(C(=O)OC)C(O)c1cccc(-c2cccc(C)c2)n1. The van der Waals surface area contributed by atoms with Gasteiger partial charge in [-0.3, -0.25) is 0 Å². The van der Waals surface area contributed by atoms with E-state index in [1.165, 1.54) is 7.11 Å². The molecule has 4 heteroatoms. The molecule has 1 N–H and O–H groups in total. The molecule has 2 rings (SSSR count). The van der Waals surface area contributed by atoms with Crippen LogP contribution in [0.1, 0.15) is 17.4 Å². The Morgan fingerprint density at radius 1 is 1.29 bits per heavy atom. The third kappa shape index (κ3) is 3.35. The molecule has 21 heavy (non-hydrogen) atoms. The molecule has 2 aromatic rings. The number of carbonyl (C=O) groups excluding carboxylic acids is 1. The van der Waals surface area contributed by atoms with Crippen LogP contribution >= 0.6 is 0 Å². The number of hydrogen-bond acceptors (Lipinski definition) is 4. The number of esters is 1. The van der Waals surface area contributed by atoms with Gasteiger partial charge in [-0.1, -0.05) is 36.4 Å². The predicted molar refractivity (Wildman–Crippen MR) is 80.5 cm³/mol. The summed E-state index contributed by atoms with van der Waals surface area (Å²) in [6.07, 6.45) is -1.18. The first-order valence-electron chi connectivity index (χ1n) is 6.52. The summed E-state index contributed by atoms with van der Waals surface area (Å²) in [5.41, 5.74) is 3.13. The minimum absolute atomic E-state index is 0.0357. The molecule has 0 aliphatic rings. The van der Waals surface area contributed by atoms with Crippen molar-refractivity contribution in [1.82, 2.24) is 4.98 Å². The fourth-order valence-corrected chi connectivity index (χ4v) is 1.99. The maximum absolute atomic E-state index is 11.4. The van der Waals surface area contributed by atoms with Gasteiger partial charge in [-0.25, -0.2) is 9.78 Å². The molecule has 0 amide bonds. The molecular formula is C17H17NO3. The van der Waals surface area contributed by atoms with Gasteiger partial charge in [-0.2, -0.15) is 0 Å². The number of aliphatic hydroxyl groups excluding tert-OH is 1. The lowest BCUT2D eigenvalue weighted by atomic mass is 10.1. The second-order valence-corrected chi connectivity index (χ2v) is 4.74. The number of methoxy groups -OCH3 is 1. The average Bonchev–Trinajstić information content (AvgIpc) is 2.52. The topological polar surface area (TPSA) is 59.4 Å². The van der Waals surface area contributed by atoms with Crippen LogP contribution in [-0.2, 0) is 9.53 Å². The molecule has 4 nitrogen and oxygen atoms in total. The number of rotatable bonds is 4. The Kier molecular flexibility index (Phi) is 4.50. The van der Waals surface area contributed by atoms with E-state index in [2.05, 4.69) is 16.3 Å². The normalized spacial score (nSPS) is 11.8. The van der Waals surface area contributed by atoms with Crippen LogP contribution in [0.15, 0.2) is 54.6 Å². The van der Waals surface area contributed by atoms with Crippen molar-refractivity contribution in [3.8, 4) is 11.3 Å². The lowest BCUT2D eigenvalue weighted by Crippen LogP contribution is -2.13. The van der Waals surface area contributed by atoms with Crippen LogP contribution in [0, 0.1) is 6.92 Å². The van der Waals surface area contributed by atoms with E-state index >= 15 is 0 Å². The molecule has 1 aromatic carbocycles. The van der Waals surface area contributed by atoms with Gasteiger partial charge in [0.1, 0.15) is 6.10 Å². The van der Waals surface area contributed by atoms with Gasteiger partial charge in [0.15, 0.2) is 0 Å². The van der Waals surface area contributed by atoms with Gasteiger partial charge in [0, 0.05) is 5.56 Å². The number of ether oxygens (including phenoxy) is 1. The summed E-state index contributed by atoms with van der Waals surface area (Å²) in [5, 5.41) is 10.2. The smallest absolute Gasteiger partial charge is 0.336 e. The highest BCUT2D eigenvalue weighted by molar-refractivity contribution is 5.88. The number of carbonyl (C=O) groups is 1. The lowest BCUT2D eigenvalue weighted by Gasteiger charge is -2.12. The van der Waals surface area contributed by atoms with E-state index in [1.807, 2.05) is 37.3 Å². The molecule has 0 aliphatic heterocycles. The van der Waals surface area contributed by atoms with Crippen molar-refractivity contribution in [1.29, 1.82) is 0 Å². The number of benzene rings is 1. The fraction of sp³-hybridized carbons (Fsp3) is 0.176. The van der Waals surface area contributed by atoms with Crippen LogP contribution in [0.2, 0.25) is 0 Å². The Balaban J connectivity index is 2.34. The Bertz CT molecular complexity index is 679. The minimum Gasteiger partial charge on any atom is -0.466 e. The van der Waals surface area contributed by atoms with Crippen LogP contribution in [-0.4, -0.2) is 23.2 Å². The summed E-state index contributed by atoms with van der Waals surface area (Å²) in [6.45, 7) is 5.56. The molecule has 0 aliphatic carbocycles. The van der Waals surface area contributed by atoms with Crippen molar-refractivity contribution in [2.75, 3.05) is 7.11 Å². The number of aromatic nitrogens is 1. The Labute approximate surface area is 123 Å². The summed E-state index contributed by atoms with van der Waals surface area (Å²) in [5.74, 6) is -0.648. The number of pyridine rings is 1. The first-order chi connectivity index (χ1) is 10.0. The van der Waals surface area contributed by atoms with Gasteiger partial charge in [0.25, 0.3) is 0 Å². The molecule has 0 saturated carbocycles. The van der Waals surface area contributed by atoms with Crippen molar-refractivity contribution in [2.24, 2.45) is 0 Å². The third-order valence-electron chi connectivity index (χ3n) is 3.14. The first kappa shape index (κ1) is 14.9. The maximum atomic E-state index is 11.4. The number of aryl methyl sites for hydroxylation is 1. The van der Waals surface area contributed by atoms with E-state index in [1.54, 1.807) is 12.1 Å². The molecule has 1 atom stereocenters. The average molecular weight is 283 g/mol. The summed E-state index contributed by atoms with van der Waals surface area (Å²) < 4.78 is 4.56. The van der Waals surface area contributed by atoms with Gasteiger partial charge in [0.2, 0.25) is 0 Å². The quantitative estimate of drug-likeness (QED) is 0.692. The highest BCUT2D eigenvalue weighted by Crippen LogP contribution is 2.23. The Morgan fingerprint density at radius 3 is 2.67 bits per heavy atom. The van der Waals surface area contributed by atoms with Gasteiger partial charge in [-0.05, 0) is 25.1 Å². The van der Waals surface area contributed by atoms with Gasteiger partial charge >= 0.3 is 5.97 Å². The second kappa shape index (κ2) is 6.33. The first-order valence-corrected chi connectivity index (χ1v) is 6.52. The monoisotopic (exact) mass is 283 g/mol. The largest absolute Gasteiger partial charge is 0.466 e. The van der Waals surface area contributed by atoms with Crippen LogP contribution in [0.3, 0.4) is 0 Å². The Morgan fingerprint density at radius 2 is 2.00 bits per heavy atom. The molecule has 0 radical (unpaired) electrons. The van der Waals surface area contributed by atoms with E-state index in [-0.39, 0.29) is 5.57 Å². The van der Waals surface area contributed by atoms with Gasteiger partial charge in [-0.15, -0.1) is 0 Å². The van der Waals surface area contributed by atoms with Crippen LogP contribution in [0.5, 0.6) is 0 Å². The van der Waals surface area contributed by atoms with Crippen molar-refractivity contribution >= 4 is 5.97 Å². The molecule has 1 unspecified atom stereocenters. The van der Waals surface area contributed by atoms with Gasteiger partial charge in [0.05, 0.1) is 24.1 Å². The zero-order chi connectivity index (χ0) is 15.4. The van der Waals surface area contributed by atoms with Crippen LogP contribution in [0.4, 0.5) is 0 Å². The third-order valence-corrected chi connectivity index (χ3v) is 3.14. The molecule has 0 bridgehead atoms. The van der Waals surface area contributed by atoms with Crippen molar-refractivity contribution in [2.45, 2.75) is 13.0 Å². The van der Waals surface area contributed by atoms with E-state index in [0.29, 0.717) is 5.69 Å². The maximum Gasteiger partial charge on any atom is 0.336 e. The molecular weight excluding hydrogens is 266 g/mol. The van der Waals surface area contributed by atoms with Crippen molar-refractivity contribution < 1.29 is 14.6 Å². The number of hydrogen-bond donors (Lipinski definition) is 1. The second-order valence-electron chi connectivity index (χ2n) is 4.74. The summed E-state index contributed by atoms with van der Waals surface area (Å²) in [4.78, 5) is 15.8. The van der Waals surface area contributed by atoms with E-state index in [0.717, 1.165) is 16.8 Å². The van der Waals surface area contributed by atoms with Crippen LogP contribution < -0.4 is 0 Å². The van der Waals surface area contributed by atoms with Gasteiger partial charge < -0.3 is 9.84 Å².